The molecule has 30 heavy (non-hydrogen) atoms. The number of carbonyl (C=O) groups is 1. The Morgan fingerprint density at radius 1 is 1.03 bits per heavy atom. The van der Waals surface area contributed by atoms with Gasteiger partial charge in [0.15, 0.2) is 0 Å². The summed E-state index contributed by atoms with van der Waals surface area (Å²) in [5.74, 6) is -0.0550. The summed E-state index contributed by atoms with van der Waals surface area (Å²) in [6, 6.07) is 10.9. The third-order valence-corrected chi connectivity index (χ3v) is 6.77. The van der Waals surface area contributed by atoms with E-state index in [0.717, 1.165) is 43.2 Å². The molecule has 1 aromatic carbocycles. The highest BCUT2D eigenvalue weighted by Gasteiger charge is 2.30. The van der Waals surface area contributed by atoms with Crippen LogP contribution in [0, 0.1) is 5.82 Å². The molecule has 2 fully saturated rings. The second-order valence-electron chi connectivity index (χ2n) is 8.65. The number of amides is 1. The Morgan fingerprint density at radius 3 is 2.57 bits per heavy atom. The van der Waals surface area contributed by atoms with Crippen molar-refractivity contribution < 1.29 is 13.9 Å². The summed E-state index contributed by atoms with van der Waals surface area (Å²) in [7, 11) is 0. The Bertz CT molecular complexity index is 922. The molecule has 1 aromatic heterocycles. The predicted octanol–water partition coefficient (Wildman–Crippen LogP) is 3.81. The molecule has 0 atom stereocenters. The van der Waals surface area contributed by atoms with E-state index >= 15 is 0 Å². The smallest absolute Gasteiger partial charge is 0.257 e. The van der Waals surface area contributed by atoms with E-state index in [1.54, 1.807) is 23.1 Å². The number of hydrogen-bond acceptors (Lipinski definition) is 4. The molecule has 5 nitrogen and oxygen atoms in total. The number of pyridine rings is 1. The Morgan fingerprint density at radius 2 is 1.83 bits per heavy atom. The highest BCUT2D eigenvalue weighted by atomic mass is 19.1. The minimum Gasteiger partial charge on any atom is -0.474 e. The molecule has 1 saturated heterocycles. The minimum atomic E-state index is -0.474. The lowest BCUT2D eigenvalue weighted by molar-refractivity contribution is 0.0473. The van der Waals surface area contributed by atoms with Crippen molar-refractivity contribution in [2.45, 2.75) is 57.2 Å². The second kappa shape index (κ2) is 8.34. The van der Waals surface area contributed by atoms with Crippen LogP contribution >= 0.6 is 0 Å². The molecule has 5 rings (SSSR count). The highest BCUT2D eigenvalue weighted by Crippen LogP contribution is 2.29. The number of aromatic nitrogens is 1. The Kier molecular flexibility index (Phi) is 5.42. The van der Waals surface area contributed by atoms with Gasteiger partial charge in [0.2, 0.25) is 5.88 Å². The molecule has 0 N–H and O–H groups in total. The first-order valence-electron chi connectivity index (χ1n) is 11.1. The van der Waals surface area contributed by atoms with Crippen molar-refractivity contribution in [3.63, 3.8) is 0 Å². The number of piperidine rings is 1. The van der Waals surface area contributed by atoms with Crippen molar-refractivity contribution >= 4 is 5.91 Å². The van der Waals surface area contributed by atoms with E-state index in [4.69, 9.17) is 9.72 Å². The van der Waals surface area contributed by atoms with E-state index in [1.807, 2.05) is 12.1 Å². The van der Waals surface area contributed by atoms with E-state index in [-0.39, 0.29) is 17.6 Å². The van der Waals surface area contributed by atoms with Gasteiger partial charge in [-0.1, -0.05) is 24.6 Å². The third-order valence-electron chi connectivity index (χ3n) is 6.77. The predicted molar refractivity (Wildman–Crippen MR) is 112 cm³/mol. The maximum Gasteiger partial charge on any atom is 0.257 e. The minimum absolute atomic E-state index is 0.127. The fourth-order valence-electron chi connectivity index (χ4n) is 4.72. The van der Waals surface area contributed by atoms with Gasteiger partial charge >= 0.3 is 0 Å². The normalized spacial score (nSPS) is 20.5. The first-order chi connectivity index (χ1) is 14.7. The zero-order chi connectivity index (χ0) is 20.5. The fourth-order valence-corrected chi connectivity index (χ4v) is 4.72. The first kappa shape index (κ1) is 19.5. The van der Waals surface area contributed by atoms with Gasteiger partial charge in [-0.25, -0.2) is 9.37 Å². The zero-order valence-corrected chi connectivity index (χ0v) is 17.2. The monoisotopic (exact) mass is 409 g/mol. The SMILES string of the molecule is O=C(c1ccccc1F)N1CCc2nc(OC3CCN(C4CCC4)CC3)ccc2C1. The van der Waals surface area contributed by atoms with Crippen molar-refractivity contribution in [2.75, 3.05) is 19.6 Å². The lowest BCUT2D eigenvalue weighted by Gasteiger charge is -2.41. The van der Waals surface area contributed by atoms with Crippen LogP contribution in [0.5, 0.6) is 5.88 Å². The van der Waals surface area contributed by atoms with Crippen LogP contribution in [-0.4, -0.2) is 52.5 Å². The van der Waals surface area contributed by atoms with Gasteiger partial charge in [0.1, 0.15) is 11.9 Å². The van der Waals surface area contributed by atoms with E-state index in [0.29, 0.717) is 25.4 Å². The number of carbonyl (C=O) groups excluding carboxylic acids is 1. The molecule has 1 saturated carbocycles. The van der Waals surface area contributed by atoms with Crippen LogP contribution in [0.4, 0.5) is 4.39 Å². The number of benzene rings is 1. The van der Waals surface area contributed by atoms with E-state index in [9.17, 15) is 9.18 Å². The molecule has 2 aliphatic heterocycles. The summed E-state index contributed by atoms with van der Waals surface area (Å²) in [5.41, 5.74) is 2.12. The average molecular weight is 410 g/mol. The molecule has 0 spiro atoms. The Hall–Kier alpha value is -2.47. The van der Waals surface area contributed by atoms with Crippen molar-refractivity contribution in [2.24, 2.45) is 0 Å². The summed E-state index contributed by atoms with van der Waals surface area (Å²) in [6.45, 7) is 3.23. The molecule has 1 aliphatic carbocycles. The van der Waals surface area contributed by atoms with Crippen LogP contribution < -0.4 is 4.74 Å². The number of rotatable bonds is 4. The summed E-state index contributed by atoms with van der Waals surface area (Å²) >= 11 is 0. The number of nitrogens with zero attached hydrogens (tertiary/aromatic N) is 3. The number of likely N-dealkylation sites (tertiary alicyclic amines) is 1. The molecule has 3 aliphatic rings. The van der Waals surface area contributed by atoms with Crippen molar-refractivity contribution in [1.29, 1.82) is 0 Å². The van der Waals surface area contributed by atoms with Gasteiger partial charge in [-0.3, -0.25) is 4.79 Å². The number of fused-ring (bicyclic) bond motifs is 1. The number of halogens is 1. The second-order valence-corrected chi connectivity index (χ2v) is 8.65. The van der Waals surface area contributed by atoms with Crippen LogP contribution in [0.25, 0.3) is 0 Å². The molecule has 2 aromatic rings. The maximum atomic E-state index is 14.0. The van der Waals surface area contributed by atoms with Crippen LogP contribution in [0.3, 0.4) is 0 Å². The Balaban J connectivity index is 1.20. The van der Waals surface area contributed by atoms with Crippen molar-refractivity contribution in [3.05, 3.63) is 59.0 Å². The first-order valence-corrected chi connectivity index (χ1v) is 11.1. The van der Waals surface area contributed by atoms with Gasteiger partial charge < -0.3 is 14.5 Å². The molecule has 158 valence electrons. The summed E-state index contributed by atoms with van der Waals surface area (Å²) in [5, 5.41) is 0. The molecule has 6 heteroatoms. The quantitative estimate of drug-likeness (QED) is 0.770. The van der Waals surface area contributed by atoms with Gasteiger partial charge in [0.25, 0.3) is 5.91 Å². The number of ether oxygens (including phenoxy) is 1. The standard InChI is InChI=1S/C24H28FN3O2/c25-21-7-2-1-6-20(21)24(29)28-15-12-22-17(16-28)8-9-23(26-22)30-19-10-13-27(14-11-19)18-4-3-5-18/h1-2,6-9,18-19H,3-5,10-16H2. The molecule has 0 unspecified atom stereocenters. The van der Waals surface area contributed by atoms with Crippen LogP contribution in [0.2, 0.25) is 0 Å². The largest absolute Gasteiger partial charge is 0.474 e. The van der Waals surface area contributed by atoms with Gasteiger partial charge in [-0.2, -0.15) is 0 Å². The molecule has 3 heterocycles. The fraction of sp³-hybridized carbons (Fsp3) is 0.500. The lowest BCUT2D eigenvalue weighted by atomic mass is 9.90. The molecular formula is C24H28FN3O2. The Labute approximate surface area is 176 Å². The number of hydrogen-bond donors (Lipinski definition) is 0. The van der Waals surface area contributed by atoms with Gasteiger partial charge in [0, 0.05) is 44.7 Å². The lowest BCUT2D eigenvalue weighted by Crippen LogP contribution is -2.46. The van der Waals surface area contributed by atoms with Crippen LogP contribution in [0.15, 0.2) is 36.4 Å². The molecule has 1 amide bonds. The summed E-state index contributed by atoms with van der Waals surface area (Å²) in [4.78, 5) is 21.7. The van der Waals surface area contributed by atoms with Crippen LogP contribution in [0.1, 0.15) is 53.7 Å². The average Bonchev–Trinajstić information content (AvgIpc) is 2.73. The third kappa shape index (κ3) is 3.93. The maximum absolute atomic E-state index is 14.0. The van der Waals surface area contributed by atoms with Gasteiger partial charge in [0.05, 0.1) is 11.3 Å². The topological polar surface area (TPSA) is 45.7 Å². The van der Waals surface area contributed by atoms with Crippen molar-refractivity contribution in [3.8, 4) is 5.88 Å². The summed E-state index contributed by atoms with van der Waals surface area (Å²) < 4.78 is 20.2. The van der Waals surface area contributed by atoms with E-state index in [1.165, 1.54) is 25.3 Å². The van der Waals surface area contributed by atoms with E-state index in [2.05, 4.69) is 4.90 Å². The van der Waals surface area contributed by atoms with Gasteiger partial charge in [-0.15, -0.1) is 0 Å². The highest BCUT2D eigenvalue weighted by molar-refractivity contribution is 5.94. The molecule has 0 bridgehead atoms. The van der Waals surface area contributed by atoms with Crippen molar-refractivity contribution in [1.82, 2.24) is 14.8 Å². The van der Waals surface area contributed by atoms with Crippen LogP contribution in [-0.2, 0) is 13.0 Å². The summed E-state index contributed by atoms with van der Waals surface area (Å²) in [6.07, 6.45) is 7.09. The van der Waals surface area contributed by atoms with E-state index < -0.39 is 5.82 Å². The molecular weight excluding hydrogens is 381 g/mol. The molecule has 0 radical (unpaired) electrons. The zero-order valence-electron chi connectivity index (χ0n) is 17.2. The van der Waals surface area contributed by atoms with Gasteiger partial charge in [-0.05, 0) is 43.4 Å².